The summed E-state index contributed by atoms with van der Waals surface area (Å²) in [6, 6.07) is 2.60. The lowest BCUT2D eigenvalue weighted by molar-refractivity contribution is 0.0779. The first-order valence-corrected chi connectivity index (χ1v) is 8.34. The Morgan fingerprint density at radius 2 is 1.50 bits per heavy atom. The van der Waals surface area contributed by atoms with Crippen molar-refractivity contribution in [3.05, 3.63) is 0 Å². The minimum Gasteiger partial charge on any atom is -0.314 e. The van der Waals surface area contributed by atoms with Crippen LogP contribution < -0.4 is 5.32 Å². The number of piperazine rings is 1. The Hall–Kier alpha value is -0.0800. The van der Waals surface area contributed by atoms with Crippen molar-refractivity contribution in [2.45, 2.75) is 82.8 Å². The van der Waals surface area contributed by atoms with E-state index in [1.807, 2.05) is 0 Å². The summed E-state index contributed by atoms with van der Waals surface area (Å²) >= 11 is 0. The minimum atomic E-state index is 0.842. The predicted molar refractivity (Wildman–Crippen MR) is 76.8 cm³/mol. The van der Waals surface area contributed by atoms with Crippen LogP contribution in [0, 0.1) is 5.92 Å². The van der Waals surface area contributed by atoms with Gasteiger partial charge in [-0.2, -0.15) is 0 Å². The highest BCUT2D eigenvalue weighted by Crippen LogP contribution is 2.36. The van der Waals surface area contributed by atoms with Crippen molar-refractivity contribution in [1.29, 1.82) is 0 Å². The lowest BCUT2D eigenvalue weighted by Gasteiger charge is -2.42. The van der Waals surface area contributed by atoms with Crippen LogP contribution in [0.4, 0.5) is 0 Å². The van der Waals surface area contributed by atoms with Crippen LogP contribution in [0.1, 0.15) is 64.7 Å². The number of nitrogens with zero attached hydrogens (tertiary/aromatic N) is 1. The molecule has 0 radical (unpaired) electrons. The fourth-order valence-electron chi connectivity index (χ4n) is 4.64. The zero-order valence-corrected chi connectivity index (χ0v) is 12.0. The zero-order valence-electron chi connectivity index (χ0n) is 12.0. The minimum absolute atomic E-state index is 0.842. The third kappa shape index (κ3) is 2.60. The van der Waals surface area contributed by atoms with Crippen molar-refractivity contribution >= 4 is 0 Å². The molecule has 2 aliphatic heterocycles. The number of fused-ring (bicyclic) bond motifs is 2. The van der Waals surface area contributed by atoms with Gasteiger partial charge in [-0.15, -0.1) is 0 Å². The van der Waals surface area contributed by atoms with E-state index in [0.717, 1.165) is 24.0 Å². The highest BCUT2D eigenvalue weighted by atomic mass is 15.3. The lowest BCUT2D eigenvalue weighted by atomic mass is 9.98. The second kappa shape index (κ2) is 5.92. The molecule has 2 nitrogen and oxygen atoms in total. The van der Waals surface area contributed by atoms with E-state index in [4.69, 9.17) is 0 Å². The van der Waals surface area contributed by atoms with Gasteiger partial charge in [-0.25, -0.2) is 0 Å². The van der Waals surface area contributed by atoms with E-state index < -0.39 is 0 Å². The van der Waals surface area contributed by atoms with Gasteiger partial charge in [0.05, 0.1) is 0 Å². The van der Waals surface area contributed by atoms with Gasteiger partial charge in [0.25, 0.3) is 0 Å². The van der Waals surface area contributed by atoms with Crippen LogP contribution >= 0.6 is 0 Å². The van der Waals surface area contributed by atoms with Crippen molar-refractivity contribution in [3.63, 3.8) is 0 Å². The Labute approximate surface area is 113 Å². The van der Waals surface area contributed by atoms with Gasteiger partial charge < -0.3 is 5.32 Å². The second-order valence-electron chi connectivity index (χ2n) is 6.89. The standard InChI is InChI=1S/C16H30N2/c1-13-10-15-11-17-12-16(13)18(15)14-8-6-4-2-3-5-7-9-14/h13-17H,2-12H2,1H3. The van der Waals surface area contributed by atoms with Crippen molar-refractivity contribution < 1.29 is 0 Å². The average molecular weight is 250 g/mol. The van der Waals surface area contributed by atoms with Crippen LogP contribution in [0.25, 0.3) is 0 Å². The fourth-order valence-corrected chi connectivity index (χ4v) is 4.64. The molecule has 0 amide bonds. The van der Waals surface area contributed by atoms with Crippen LogP contribution in [-0.4, -0.2) is 36.1 Å². The maximum Gasteiger partial charge on any atom is 0.0253 e. The first-order valence-electron chi connectivity index (χ1n) is 8.34. The molecule has 1 saturated carbocycles. The molecule has 3 unspecified atom stereocenters. The van der Waals surface area contributed by atoms with E-state index in [1.54, 1.807) is 0 Å². The maximum atomic E-state index is 3.64. The summed E-state index contributed by atoms with van der Waals surface area (Å²) in [5.41, 5.74) is 0. The second-order valence-corrected chi connectivity index (χ2v) is 6.89. The fraction of sp³-hybridized carbons (Fsp3) is 1.00. The van der Waals surface area contributed by atoms with Gasteiger partial charge in [0.1, 0.15) is 0 Å². The van der Waals surface area contributed by atoms with E-state index in [9.17, 15) is 0 Å². The summed E-state index contributed by atoms with van der Waals surface area (Å²) in [6.07, 6.45) is 13.3. The third-order valence-corrected chi connectivity index (χ3v) is 5.59. The Morgan fingerprint density at radius 3 is 2.17 bits per heavy atom. The molecule has 0 aromatic carbocycles. The molecule has 3 rings (SSSR count). The lowest BCUT2D eigenvalue weighted by Crippen LogP contribution is -2.56. The highest BCUT2D eigenvalue weighted by molar-refractivity contribution is 5.00. The Kier molecular flexibility index (Phi) is 4.25. The van der Waals surface area contributed by atoms with E-state index >= 15 is 0 Å². The molecular weight excluding hydrogens is 220 g/mol. The summed E-state index contributed by atoms with van der Waals surface area (Å²) in [5, 5.41) is 3.64. The van der Waals surface area contributed by atoms with Gasteiger partial charge in [0.15, 0.2) is 0 Å². The topological polar surface area (TPSA) is 15.3 Å². The van der Waals surface area contributed by atoms with Crippen LogP contribution in [0.3, 0.4) is 0 Å². The van der Waals surface area contributed by atoms with Crippen molar-refractivity contribution in [2.24, 2.45) is 5.92 Å². The van der Waals surface area contributed by atoms with Crippen LogP contribution in [0.5, 0.6) is 0 Å². The molecule has 104 valence electrons. The van der Waals surface area contributed by atoms with Gasteiger partial charge in [0, 0.05) is 31.2 Å². The molecular formula is C16H30N2. The van der Waals surface area contributed by atoms with Crippen molar-refractivity contribution in [1.82, 2.24) is 10.2 Å². The molecule has 1 N–H and O–H groups in total. The Morgan fingerprint density at radius 1 is 0.833 bits per heavy atom. The highest BCUT2D eigenvalue weighted by Gasteiger charge is 2.44. The van der Waals surface area contributed by atoms with E-state index in [0.29, 0.717) is 0 Å². The molecule has 0 aromatic heterocycles. The molecule has 18 heavy (non-hydrogen) atoms. The van der Waals surface area contributed by atoms with E-state index in [-0.39, 0.29) is 0 Å². The SMILES string of the molecule is CC1CC2CNCC1N2C1CCCCCCCC1. The molecule has 3 fully saturated rings. The molecule has 0 aromatic rings. The number of nitrogens with one attached hydrogen (secondary N) is 1. The molecule has 2 heterocycles. The smallest absolute Gasteiger partial charge is 0.0253 e. The number of hydrogen-bond acceptors (Lipinski definition) is 2. The molecule has 2 saturated heterocycles. The normalized spacial score (nSPS) is 40.2. The average Bonchev–Trinajstić information content (AvgIpc) is 2.65. The number of rotatable bonds is 1. The van der Waals surface area contributed by atoms with Gasteiger partial charge in [-0.3, -0.25) is 4.90 Å². The monoisotopic (exact) mass is 250 g/mol. The predicted octanol–water partition coefficient (Wildman–Crippen LogP) is 3.17. The Balaban J connectivity index is 1.67. The quantitative estimate of drug-likeness (QED) is 0.769. The zero-order chi connectivity index (χ0) is 12.4. The van der Waals surface area contributed by atoms with Crippen LogP contribution in [0.2, 0.25) is 0 Å². The Bertz CT molecular complexity index is 256. The van der Waals surface area contributed by atoms with Crippen molar-refractivity contribution in [2.75, 3.05) is 13.1 Å². The maximum absolute atomic E-state index is 3.64. The van der Waals surface area contributed by atoms with Crippen molar-refractivity contribution in [3.8, 4) is 0 Å². The molecule has 0 spiro atoms. The van der Waals surface area contributed by atoms with Crippen LogP contribution in [0.15, 0.2) is 0 Å². The summed E-state index contributed by atoms with van der Waals surface area (Å²) in [4.78, 5) is 2.95. The summed E-state index contributed by atoms with van der Waals surface area (Å²) in [7, 11) is 0. The van der Waals surface area contributed by atoms with Gasteiger partial charge in [-0.05, 0) is 25.2 Å². The molecule has 2 bridgehead atoms. The van der Waals surface area contributed by atoms with Crippen LogP contribution in [-0.2, 0) is 0 Å². The van der Waals surface area contributed by atoms with Gasteiger partial charge in [0.2, 0.25) is 0 Å². The van der Waals surface area contributed by atoms with E-state index in [1.165, 1.54) is 70.9 Å². The first-order chi connectivity index (χ1) is 8.86. The summed E-state index contributed by atoms with van der Waals surface area (Å²) in [5.74, 6) is 0.914. The third-order valence-electron chi connectivity index (χ3n) is 5.59. The van der Waals surface area contributed by atoms with Gasteiger partial charge in [-0.1, -0.05) is 45.4 Å². The summed E-state index contributed by atoms with van der Waals surface area (Å²) < 4.78 is 0. The number of hydrogen-bond donors (Lipinski definition) is 1. The van der Waals surface area contributed by atoms with Gasteiger partial charge >= 0.3 is 0 Å². The summed E-state index contributed by atoms with van der Waals surface area (Å²) in [6.45, 7) is 4.96. The molecule has 2 heteroatoms. The first kappa shape index (κ1) is 12.9. The largest absolute Gasteiger partial charge is 0.314 e. The molecule has 3 atom stereocenters. The molecule has 3 aliphatic rings. The molecule has 1 aliphatic carbocycles. The van der Waals surface area contributed by atoms with E-state index in [2.05, 4.69) is 17.1 Å².